The third kappa shape index (κ3) is 2.81. The fourth-order valence-corrected chi connectivity index (χ4v) is 2.40. The predicted molar refractivity (Wildman–Crippen MR) is 83.3 cm³/mol. The number of aromatic hydroxyl groups is 1. The summed E-state index contributed by atoms with van der Waals surface area (Å²) in [6.07, 6.45) is 4.65. The van der Waals surface area contributed by atoms with Gasteiger partial charge in [-0.15, -0.1) is 0 Å². The Kier molecular flexibility index (Phi) is 3.73. The molecule has 0 saturated heterocycles. The molecule has 0 bridgehead atoms. The lowest BCUT2D eigenvalue weighted by atomic mass is 10.3. The van der Waals surface area contributed by atoms with E-state index in [0.29, 0.717) is 6.54 Å². The first kappa shape index (κ1) is 13.4. The highest BCUT2D eigenvalue weighted by atomic mass is 16.3. The molecule has 3 aromatic rings. The molecule has 0 amide bonds. The van der Waals surface area contributed by atoms with Gasteiger partial charge in [0.25, 0.3) is 0 Å². The molecule has 108 valence electrons. The smallest absolute Gasteiger partial charge is 0.129 e. The van der Waals surface area contributed by atoms with Crippen molar-refractivity contribution < 1.29 is 5.11 Å². The van der Waals surface area contributed by atoms with Gasteiger partial charge in [0.15, 0.2) is 0 Å². The molecular formula is C16H18N4O. The van der Waals surface area contributed by atoms with Gasteiger partial charge in [-0.2, -0.15) is 0 Å². The Morgan fingerprint density at radius 1 is 1.19 bits per heavy atom. The van der Waals surface area contributed by atoms with Crippen LogP contribution in [-0.2, 0) is 13.1 Å². The predicted octanol–water partition coefficient (Wildman–Crippen LogP) is 3.16. The highest BCUT2D eigenvalue weighted by molar-refractivity contribution is 5.74. The van der Waals surface area contributed by atoms with E-state index in [1.807, 2.05) is 18.2 Å². The molecular weight excluding hydrogens is 264 g/mol. The number of anilines is 1. The fraction of sp³-hybridized carbons (Fsp3) is 0.250. The Bertz CT molecular complexity index is 734. The Morgan fingerprint density at radius 3 is 2.76 bits per heavy atom. The van der Waals surface area contributed by atoms with Crippen molar-refractivity contribution in [3.8, 4) is 5.75 Å². The average Bonchev–Trinajstić information content (AvgIpc) is 2.85. The second-order valence-electron chi connectivity index (χ2n) is 4.94. The standard InChI is InChI=1S/C16H18N4O/c1-2-9-20-15-7-8-17-10-14(15)19-16(20)11-18-12-3-5-13(21)6-4-12/h3-8,10,18,21H,2,9,11H2,1H3. The van der Waals surface area contributed by atoms with Crippen molar-refractivity contribution in [1.82, 2.24) is 14.5 Å². The van der Waals surface area contributed by atoms with Gasteiger partial charge in [-0.1, -0.05) is 6.92 Å². The van der Waals surface area contributed by atoms with E-state index < -0.39 is 0 Å². The molecule has 0 atom stereocenters. The number of benzene rings is 1. The number of hydrogen-bond donors (Lipinski definition) is 2. The van der Waals surface area contributed by atoms with Crippen LogP contribution in [0.25, 0.3) is 11.0 Å². The number of aryl methyl sites for hydroxylation is 1. The summed E-state index contributed by atoms with van der Waals surface area (Å²) < 4.78 is 2.23. The zero-order valence-corrected chi connectivity index (χ0v) is 12.0. The second kappa shape index (κ2) is 5.83. The zero-order chi connectivity index (χ0) is 14.7. The number of imidazole rings is 1. The molecule has 0 fully saturated rings. The van der Waals surface area contributed by atoms with Gasteiger partial charge in [-0.05, 0) is 36.8 Å². The summed E-state index contributed by atoms with van der Waals surface area (Å²) in [4.78, 5) is 8.78. The van der Waals surface area contributed by atoms with E-state index in [-0.39, 0.29) is 5.75 Å². The Balaban J connectivity index is 1.85. The van der Waals surface area contributed by atoms with Gasteiger partial charge in [0, 0.05) is 18.4 Å². The Hall–Kier alpha value is -2.56. The van der Waals surface area contributed by atoms with Crippen molar-refractivity contribution >= 4 is 16.7 Å². The normalized spacial score (nSPS) is 10.9. The third-order valence-corrected chi connectivity index (χ3v) is 3.39. The highest BCUT2D eigenvalue weighted by Gasteiger charge is 2.09. The van der Waals surface area contributed by atoms with Crippen LogP contribution in [-0.4, -0.2) is 19.6 Å². The molecule has 5 nitrogen and oxygen atoms in total. The van der Waals surface area contributed by atoms with Crippen LogP contribution in [0.2, 0.25) is 0 Å². The first-order valence-corrected chi connectivity index (χ1v) is 7.10. The Morgan fingerprint density at radius 2 is 2.00 bits per heavy atom. The topological polar surface area (TPSA) is 63.0 Å². The molecule has 3 rings (SSSR count). The van der Waals surface area contributed by atoms with Crippen LogP contribution in [0.4, 0.5) is 5.69 Å². The van der Waals surface area contributed by atoms with Crippen LogP contribution < -0.4 is 5.32 Å². The molecule has 2 heterocycles. The number of aromatic nitrogens is 3. The van der Waals surface area contributed by atoms with Gasteiger partial charge >= 0.3 is 0 Å². The molecule has 0 spiro atoms. The van der Waals surface area contributed by atoms with Crippen LogP contribution in [0.15, 0.2) is 42.7 Å². The molecule has 21 heavy (non-hydrogen) atoms. The lowest BCUT2D eigenvalue weighted by Gasteiger charge is -2.09. The monoisotopic (exact) mass is 282 g/mol. The fourth-order valence-electron chi connectivity index (χ4n) is 2.40. The first-order valence-electron chi connectivity index (χ1n) is 7.10. The minimum absolute atomic E-state index is 0.268. The molecule has 0 aliphatic carbocycles. The Labute approximate surface area is 123 Å². The average molecular weight is 282 g/mol. The van der Waals surface area contributed by atoms with Crippen LogP contribution >= 0.6 is 0 Å². The van der Waals surface area contributed by atoms with E-state index >= 15 is 0 Å². The lowest BCUT2D eigenvalue weighted by Crippen LogP contribution is -2.08. The molecule has 2 aromatic heterocycles. The third-order valence-electron chi connectivity index (χ3n) is 3.39. The van der Waals surface area contributed by atoms with E-state index in [9.17, 15) is 5.11 Å². The van der Waals surface area contributed by atoms with Crippen molar-refractivity contribution in [3.05, 3.63) is 48.5 Å². The van der Waals surface area contributed by atoms with Crippen molar-refractivity contribution in [2.75, 3.05) is 5.32 Å². The van der Waals surface area contributed by atoms with Crippen molar-refractivity contribution in [3.63, 3.8) is 0 Å². The summed E-state index contributed by atoms with van der Waals surface area (Å²) in [6.45, 7) is 3.73. The molecule has 1 aromatic carbocycles. The maximum Gasteiger partial charge on any atom is 0.129 e. The number of phenolic OH excluding ortho intramolecular Hbond substituents is 1. The summed E-state index contributed by atoms with van der Waals surface area (Å²) in [5.41, 5.74) is 3.00. The van der Waals surface area contributed by atoms with Crippen LogP contribution in [0.1, 0.15) is 19.2 Å². The number of nitrogens with one attached hydrogen (secondary N) is 1. The number of nitrogens with zero attached hydrogens (tertiary/aromatic N) is 3. The number of pyridine rings is 1. The SMILES string of the molecule is CCCn1c(CNc2ccc(O)cc2)nc2cnccc21. The van der Waals surface area contributed by atoms with Gasteiger partial charge in [-0.3, -0.25) is 4.98 Å². The van der Waals surface area contributed by atoms with Gasteiger partial charge < -0.3 is 15.0 Å². The molecule has 0 aliphatic rings. The lowest BCUT2D eigenvalue weighted by molar-refractivity contribution is 0.475. The van der Waals surface area contributed by atoms with Gasteiger partial charge in [0.2, 0.25) is 0 Å². The maximum absolute atomic E-state index is 9.30. The zero-order valence-electron chi connectivity index (χ0n) is 12.0. The molecule has 5 heteroatoms. The second-order valence-corrected chi connectivity index (χ2v) is 4.94. The van der Waals surface area contributed by atoms with Gasteiger partial charge in [0.05, 0.1) is 18.3 Å². The molecule has 0 unspecified atom stereocenters. The van der Waals surface area contributed by atoms with Crippen molar-refractivity contribution in [2.45, 2.75) is 26.4 Å². The van der Waals surface area contributed by atoms with Crippen LogP contribution in [0.5, 0.6) is 5.75 Å². The molecule has 0 saturated carbocycles. The minimum Gasteiger partial charge on any atom is -0.508 e. The number of rotatable bonds is 5. The summed E-state index contributed by atoms with van der Waals surface area (Å²) in [7, 11) is 0. The molecule has 0 aliphatic heterocycles. The molecule has 2 N–H and O–H groups in total. The largest absolute Gasteiger partial charge is 0.508 e. The minimum atomic E-state index is 0.268. The summed E-state index contributed by atoms with van der Waals surface area (Å²) in [6, 6.07) is 9.04. The summed E-state index contributed by atoms with van der Waals surface area (Å²) in [5, 5.41) is 12.6. The van der Waals surface area contributed by atoms with Crippen molar-refractivity contribution in [1.29, 1.82) is 0 Å². The first-order chi connectivity index (χ1) is 10.3. The van der Waals surface area contributed by atoms with Crippen LogP contribution in [0, 0.1) is 0 Å². The summed E-state index contributed by atoms with van der Waals surface area (Å²) in [5.74, 6) is 1.26. The van der Waals surface area contributed by atoms with E-state index in [1.54, 1.807) is 24.5 Å². The quantitative estimate of drug-likeness (QED) is 0.706. The molecule has 0 radical (unpaired) electrons. The van der Waals surface area contributed by atoms with Gasteiger partial charge in [-0.25, -0.2) is 4.98 Å². The van der Waals surface area contributed by atoms with E-state index in [4.69, 9.17) is 0 Å². The van der Waals surface area contributed by atoms with Gasteiger partial charge in [0.1, 0.15) is 17.1 Å². The summed E-state index contributed by atoms with van der Waals surface area (Å²) >= 11 is 0. The van der Waals surface area contributed by atoms with Crippen LogP contribution in [0.3, 0.4) is 0 Å². The van der Waals surface area contributed by atoms with Crippen molar-refractivity contribution in [2.24, 2.45) is 0 Å². The highest BCUT2D eigenvalue weighted by Crippen LogP contribution is 2.18. The number of hydrogen-bond acceptors (Lipinski definition) is 4. The van der Waals surface area contributed by atoms with E-state index in [2.05, 4.69) is 26.8 Å². The number of fused-ring (bicyclic) bond motifs is 1. The van der Waals surface area contributed by atoms with E-state index in [0.717, 1.165) is 35.5 Å². The maximum atomic E-state index is 9.30. The van der Waals surface area contributed by atoms with E-state index in [1.165, 1.54) is 0 Å². The number of phenols is 1.